The maximum absolute atomic E-state index is 6.06. The molecule has 7 nitrogen and oxygen atoms in total. The van der Waals surface area contributed by atoms with Gasteiger partial charge in [-0.15, -0.1) is 24.0 Å². The van der Waals surface area contributed by atoms with Crippen LogP contribution in [0, 0.1) is 0 Å². The van der Waals surface area contributed by atoms with E-state index in [2.05, 4.69) is 46.3 Å². The van der Waals surface area contributed by atoms with Gasteiger partial charge in [0.05, 0.1) is 32.4 Å². The van der Waals surface area contributed by atoms with E-state index in [1.807, 2.05) is 0 Å². The molecular weight excluding hydrogens is 531 g/mol. The highest BCUT2D eigenvalue weighted by atomic mass is 127. The summed E-state index contributed by atoms with van der Waals surface area (Å²) in [7, 11) is 1.72. The zero-order valence-corrected chi connectivity index (χ0v) is 22.5. The van der Waals surface area contributed by atoms with Crippen molar-refractivity contribution in [2.75, 3.05) is 59.6 Å². The van der Waals surface area contributed by atoms with Crippen molar-refractivity contribution in [3.05, 3.63) is 29.8 Å². The molecule has 1 N–H and O–H groups in total. The minimum atomic E-state index is 0. The highest BCUT2D eigenvalue weighted by Crippen LogP contribution is 2.27. The van der Waals surface area contributed by atoms with E-state index in [-0.39, 0.29) is 42.2 Å². The molecule has 0 aromatic heterocycles. The average Bonchev–Trinajstić information content (AvgIpc) is 3.40. The van der Waals surface area contributed by atoms with Crippen molar-refractivity contribution in [3.63, 3.8) is 0 Å². The summed E-state index contributed by atoms with van der Waals surface area (Å²) in [6.45, 7) is 9.32. The highest BCUT2D eigenvalue weighted by molar-refractivity contribution is 14.0. The fourth-order valence-electron chi connectivity index (χ4n) is 5.08. The molecule has 3 unspecified atom stereocenters. The second kappa shape index (κ2) is 13.7. The molecule has 186 valence electrons. The summed E-state index contributed by atoms with van der Waals surface area (Å²) in [6.07, 6.45) is 6.46. The van der Waals surface area contributed by atoms with Gasteiger partial charge in [-0.1, -0.05) is 18.6 Å². The number of ether oxygens (including phenoxy) is 3. The first-order valence-electron chi connectivity index (χ1n) is 12.4. The Labute approximate surface area is 216 Å². The van der Waals surface area contributed by atoms with Gasteiger partial charge in [-0.05, 0) is 63.4 Å². The molecule has 1 aromatic rings. The van der Waals surface area contributed by atoms with E-state index in [1.54, 1.807) is 7.11 Å². The number of rotatable bonds is 7. The van der Waals surface area contributed by atoms with Crippen molar-refractivity contribution in [2.45, 2.75) is 57.3 Å². The van der Waals surface area contributed by atoms with Crippen molar-refractivity contribution in [1.29, 1.82) is 0 Å². The fraction of sp³-hybridized carbons (Fsp3) is 0.720. The van der Waals surface area contributed by atoms with Crippen LogP contribution >= 0.6 is 24.0 Å². The van der Waals surface area contributed by atoms with Gasteiger partial charge in [-0.25, -0.2) is 0 Å². The quantitative estimate of drug-likeness (QED) is 0.306. The second-order valence-corrected chi connectivity index (χ2v) is 8.99. The van der Waals surface area contributed by atoms with Crippen LogP contribution in [0.4, 0.5) is 0 Å². The van der Waals surface area contributed by atoms with E-state index in [9.17, 15) is 0 Å². The predicted molar refractivity (Wildman–Crippen MR) is 143 cm³/mol. The number of likely N-dealkylation sites (tertiary alicyclic amines) is 1. The van der Waals surface area contributed by atoms with Gasteiger partial charge >= 0.3 is 0 Å². The molecule has 0 amide bonds. The smallest absolute Gasteiger partial charge is 0.194 e. The summed E-state index contributed by atoms with van der Waals surface area (Å²) in [5.41, 5.74) is 1.31. The number of piperidine rings is 1. The molecule has 0 bridgehead atoms. The lowest BCUT2D eigenvalue weighted by molar-refractivity contribution is -0.0817. The van der Waals surface area contributed by atoms with E-state index < -0.39 is 0 Å². The van der Waals surface area contributed by atoms with E-state index in [4.69, 9.17) is 19.2 Å². The van der Waals surface area contributed by atoms with Crippen LogP contribution in [0.3, 0.4) is 0 Å². The number of aliphatic imine (C=N–C) groups is 1. The normalized spacial score (nSPS) is 25.4. The molecule has 3 saturated heterocycles. The summed E-state index contributed by atoms with van der Waals surface area (Å²) in [6, 6.07) is 8.81. The monoisotopic (exact) mass is 572 g/mol. The van der Waals surface area contributed by atoms with Crippen LogP contribution < -0.4 is 10.1 Å². The van der Waals surface area contributed by atoms with Crippen LogP contribution in [-0.2, 0) is 9.47 Å². The number of nitrogens with one attached hydrogen (secondary N) is 1. The highest BCUT2D eigenvalue weighted by Gasteiger charge is 2.32. The first kappa shape index (κ1) is 26.5. The van der Waals surface area contributed by atoms with Crippen molar-refractivity contribution in [2.24, 2.45) is 4.99 Å². The van der Waals surface area contributed by atoms with Crippen LogP contribution in [0.1, 0.15) is 50.6 Å². The molecule has 33 heavy (non-hydrogen) atoms. The molecule has 0 radical (unpaired) electrons. The number of nitrogens with zero attached hydrogens (tertiary/aromatic N) is 3. The molecule has 1 aromatic carbocycles. The lowest BCUT2D eigenvalue weighted by atomic mass is 10.0. The maximum atomic E-state index is 6.06. The van der Waals surface area contributed by atoms with Gasteiger partial charge in [0, 0.05) is 26.2 Å². The minimum absolute atomic E-state index is 0. The van der Waals surface area contributed by atoms with Gasteiger partial charge in [0.2, 0.25) is 0 Å². The molecule has 0 spiro atoms. The van der Waals surface area contributed by atoms with Crippen molar-refractivity contribution < 1.29 is 14.2 Å². The fourth-order valence-corrected chi connectivity index (χ4v) is 5.08. The number of benzene rings is 1. The third kappa shape index (κ3) is 7.19. The Morgan fingerprint density at radius 3 is 2.48 bits per heavy atom. The Kier molecular flexibility index (Phi) is 11.0. The third-order valence-corrected chi connectivity index (χ3v) is 6.85. The lowest BCUT2D eigenvalue weighted by Gasteiger charge is -2.38. The molecule has 3 aliphatic heterocycles. The number of hydrogen-bond donors (Lipinski definition) is 1. The van der Waals surface area contributed by atoms with Crippen LogP contribution in [0.2, 0.25) is 0 Å². The second-order valence-electron chi connectivity index (χ2n) is 8.99. The summed E-state index contributed by atoms with van der Waals surface area (Å²) >= 11 is 0. The van der Waals surface area contributed by atoms with Gasteiger partial charge in [-0.2, -0.15) is 0 Å². The first-order valence-corrected chi connectivity index (χ1v) is 12.4. The van der Waals surface area contributed by atoms with Crippen LogP contribution in [0.25, 0.3) is 0 Å². The molecule has 3 aliphatic rings. The molecule has 4 rings (SSSR count). The Bertz CT molecular complexity index is 721. The Balaban J connectivity index is 0.00000306. The maximum Gasteiger partial charge on any atom is 0.194 e. The SMILES string of the molecule is CCNC(=NCC(c1ccc(OC)cc1)N1CCCCC1)N1CCOC(C2CCCO2)C1.I. The topological polar surface area (TPSA) is 58.6 Å². The molecule has 3 fully saturated rings. The summed E-state index contributed by atoms with van der Waals surface area (Å²) < 4.78 is 17.3. The number of hydrogen-bond acceptors (Lipinski definition) is 5. The van der Waals surface area contributed by atoms with E-state index >= 15 is 0 Å². The molecule has 8 heteroatoms. The molecular formula is C25H41IN4O3. The van der Waals surface area contributed by atoms with E-state index in [1.165, 1.54) is 24.8 Å². The zero-order valence-electron chi connectivity index (χ0n) is 20.2. The van der Waals surface area contributed by atoms with Gasteiger partial charge in [0.15, 0.2) is 5.96 Å². The van der Waals surface area contributed by atoms with Crippen LogP contribution in [0.5, 0.6) is 5.75 Å². The number of guanidine groups is 1. The van der Waals surface area contributed by atoms with E-state index in [0.29, 0.717) is 0 Å². The first-order chi connectivity index (χ1) is 15.8. The van der Waals surface area contributed by atoms with Crippen LogP contribution in [-0.4, -0.2) is 87.6 Å². The van der Waals surface area contributed by atoms with Crippen molar-refractivity contribution >= 4 is 29.9 Å². The molecule has 0 aliphatic carbocycles. The number of halogens is 1. The number of morpholine rings is 1. The van der Waals surface area contributed by atoms with Gasteiger partial charge in [-0.3, -0.25) is 9.89 Å². The third-order valence-electron chi connectivity index (χ3n) is 6.85. The Morgan fingerprint density at radius 1 is 1.06 bits per heavy atom. The number of methoxy groups -OCH3 is 1. The van der Waals surface area contributed by atoms with Crippen molar-refractivity contribution in [3.8, 4) is 5.75 Å². The Morgan fingerprint density at radius 2 is 1.82 bits per heavy atom. The summed E-state index contributed by atoms with van der Waals surface area (Å²) in [4.78, 5) is 10.1. The summed E-state index contributed by atoms with van der Waals surface area (Å²) in [5, 5.41) is 3.53. The average molecular weight is 573 g/mol. The molecule has 3 heterocycles. The largest absolute Gasteiger partial charge is 0.497 e. The molecule has 0 saturated carbocycles. The zero-order chi connectivity index (χ0) is 22.2. The predicted octanol–water partition coefficient (Wildman–Crippen LogP) is 3.69. The standard InChI is InChI=1S/C25H40N4O3.HI/c1-3-26-25(29-15-17-32-24(19-29)23-8-7-16-31-23)27-18-22(28-13-5-4-6-14-28)20-9-11-21(30-2)12-10-20;/h9-12,22-24H,3-8,13-19H2,1-2H3,(H,26,27);1H. The molecule has 3 atom stereocenters. The van der Waals surface area contributed by atoms with Gasteiger partial charge in [0.25, 0.3) is 0 Å². The lowest BCUT2D eigenvalue weighted by Crippen LogP contribution is -2.53. The van der Waals surface area contributed by atoms with Gasteiger partial charge in [0.1, 0.15) is 11.9 Å². The Hall–Kier alpha value is -1.10. The van der Waals surface area contributed by atoms with E-state index in [0.717, 1.165) is 77.0 Å². The minimum Gasteiger partial charge on any atom is -0.497 e. The van der Waals surface area contributed by atoms with Crippen molar-refractivity contribution in [1.82, 2.24) is 15.1 Å². The summed E-state index contributed by atoms with van der Waals surface area (Å²) in [5.74, 6) is 1.89. The van der Waals surface area contributed by atoms with Crippen LogP contribution in [0.15, 0.2) is 29.3 Å². The van der Waals surface area contributed by atoms with Gasteiger partial charge < -0.3 is 24.4 Å².